The van der Waals surface area contributed by atoms with Gasteiger partial charge in [-0.3, -0.25) is 0 Å². The Morgan fingerprint density at radius 1 is 1.29 bits per heavy atom. The Balaban J connectivity index is 2.63. The fourth-order valence-corrected chi connectivity index (χ4v) is 1.56. The molecule has 0 aliphatic carbocycles. The van der Waals surface area contributed by atoms with Gasteiger partial charge in [0.1, 0.15) is 0 Å². The molecule has 0 heterocycles. The second-order valence-electron chi connectivity index (χ2n) is 3.22. The van der Waals surface area contributed by atoms with Crippen LogP contribution in [-0.2, 0) is 6.42 Å². The monoisotopic (exact) mass is 233 g/mol. The Labute approximate surface area is 93.6 Å². The number of nitrogens with two attached hydrogens (primary N) is 1. The summed E-state index contributed by atoms with van der Waals surface area (Å²) in [6.45, 7) is 0.114. The van der Waals surface area contributed by atoms with Gasteiger partial charge >= 0.3 is 0 Å². The van der Waals surface area contributed by atoms with Crippen molar-refractivity contribution in [2.45, 2.75) is 18.9 Å². The van der Waals surface area contributed by atoms with E-state index in [-0.39, 0.29) is 12.6 Å². The molecule has 4 heteroatoms. The molecule has 0 aromatic heterocycles. The van der Waals surface area contributed by atoms with Crippen LogP contribution in [0.2, 0.25) is 10.0 Å². The van der Waals surface area contributed by atoms with E-state index in [1.54, 1.807) is 12.1 Å². The minimum Gasteiger partial charge on any atom is -0.396 e. The van der Waals surface area contributed by atoms with Crippen LogP contribution >= 0.6 is 23.2 Å². The van der Waals surface area contributed by atoms with Crippen molar-refractivity contribution in [2.75, 3.05) is 6.61 Å². The largest absolute Gasteiger partial charge is 0.396 e. The van der Waals surface area contributed by atoms with Gasteiger partial charge in [0.2, 0.25) is 0 Å². The Hall–Kier alpha value is -0.280. The lowest BCUT2D eigenvalue weighted by Crippen LogP contribution is -2.23. The van der Waals surface area contributed by atoms with Gasteiger partial charge < -0.3 is 10.8 Å². The van der Waals surface area contributed by atoms with Crippen molar-refractivity contribution in [3.05, 3.63) is 33.8 Å². The average Bonchev–Trinajstić information content (AvgIpc) is 2.12. The highest BCUT2D eigenvalue weighted by atomic mass is 35.5. The summed E-state index contributed by atoms with van der Waals surface area (Å²) in [5.41, 5.74) is 6.81. The van der Waals surface area contributed by atoms with E-state index in [9.17, 15) is 0 Å². The van der Waals surface area contributed by atoms with E-state index < -0.39 is 0 Å². The summed E-state index contributed by atoms with van der Waals surface area (Å²) in [5.74, 6) is 0. The van der Waals surface area contributed by atoms with E-state index in [0.29, 0.717) is 22.9 Å². The molecule has 0 radical (unpaired) electrons. The standard InChI is InChI=1S/C10H13Cl2NO/c11-9-2-1-7(6-10(9)12)5-8(13)3-4-14/h1-2,6,8,14H,3-5,13H2. The van der Waals surface area contributed by atoms with Crippen LogP contribution in [0.3, 0.4) is 0 Å². The van der Waals surface area contributed by atoms with Gasteiger partial charge in [-0.25, -0.2) is 0 Å². The van der Waals surface area contributed by atoms with Gasteiger partial charge in [0.15, 0.2) is 0 Å². The van der Waals surface area contributed by atoms with E-state index in [2.05, 4.69) is 0 Å². The van der Waals surface area contributed by atoms with Crippen molar-refractivity contribution < 1.29 is 5.11 Å². The van der Waals surface area contributed by atoms with Gasteiger partial charge in [-0.1, -0.05) is 29.3 Å². The van der Waals surface area contributed by atoms with Gasteiger partial charge in [-0.2, -0.15) is 0 Å². The van der Waals surface area contributed by atoms with Crippen molar-refractivity contribution in [1.29, 1.82) is 0 Å². The maximum absolute atomic E-state index is 8.69. The van der Waals surface area contributed by atoms with Gasteiger partial charge in [-0.05, 0) is 30.5 Å². The summed E-state index contributed by atoms with van der Waals surface area (Å²) >= 11 is 11.6. The molecular weight excluding hydrogens is 221 g/mol. The van der Waals surface area contributed by atoms with E-state index >= 15 is 0 Å². The maximum Gasteiger partial charge on any atom is 0.0595 e. The van der Waals surface area contributed by atoms with Crippen molar-refractivity contribution >= 4 is 23.2 Å². The predicted octanol–water partition coefficient (Wildman–Crippen LogP) is 2.25. The molecule has 1 aromatic carbocycles. The number of aliphatic hydroxyl groups excluding tert-OH is 1. The fourth-order valence-electron chi connectivity index (χ4n) is 1.24. The van der Waals surface area contributed by atoms with Gasteiger partial charge in [0, 0.05) is 12.6 Å². The van der Waals surface area contributed by atoms with Crippen LogP contribution in [0.5, 0.6) is 0 Å². The molecule has 1 rings (SSSR count). The third-order valence-corrected chi connectivity index (χ3v) is 2.72. The maximum atomic E-state index is 8.69. The normalized spacial score (nSPS) is 12.9. The molecule has 14 heavy (non-hydrogen) atoms. The van der Waals surface area contributed by atoms with Crippen LogP contribution in [0, 0.1) is 0 Å². The molecule has 0 saturated heterocycles. The SMILES string of the molecule is NC(CCO)Cc1ccc(Cl)c(Cl)c1. The molecule has 1 aromatic rings. The Kier molecular flexibility index (Phi) is 4.69. The smallest absolute Gasteiger partial charge is 0.0595 e. The molecule has 1 unspecified atom stereocenters. The first-order chi connectivity index (χ1) is 6.63. The van der Waals surface area contributed by atoms with Crippen LogP contribution in [0.1, 0.15) is 12.0 Å². The number of benzene rings is 1. The summed E-state index contributed by atoms with van der Waals surface area (Å²) in [6.07, 6.45) is 1.30. The lowest BCUT2D eigenvalue weighted by atomic mass is 10.0. The van der Waals surface area contributed by atoms with E-state index in [1.165, 1.54) is 0 Å². The minimum atomic E-state index is -0.0303. The molecule has 0 aliphatic heterocycles. The third-order valence-electron chi connectivity index (χ3n) is 1.98. The second kappa shape index (κ2) is 5.56. The van der Waals surface area contributed by atoms with Crippen LogP contribution in [0.15, 0.2) is 18.2 Å². The first-order valence-corrected chi connectivity index (χ1v) is 5.19. The molecular formula is C10H13Cl2NO. The average molecular weight is 234 g/mol. The highest BCUT2D eigenvalue weighted by Gasteiger charge is 2.05. The van der Waals surface area contributed by atoms with Crippen LogP contribution in [-0.4, -0.2) is 17.8 Å². The number of hydrogen-bond acceptors (Lipinski definition) is 2. The van der Waals surface area contributed by atoms with E-state index in [4.69, 9.17) is 34.0 Å². The molecule has 0 aliphatic rings. The Bertz CT molecular complexity index is 304. The molecule has 0 saturated carbocycles. The number of aliphatic hydroxyl groups is 1. The molecule has 2 nitrogen and oxygen atoms in total. The van der Waals surface area contributed by atoms with Crippen LogP contribution in [0.4, 0.5) is 0 Å². The molecule has 0 spiro atoms. The quantitative estimate of drug-likeness (QED) is 0.839. The highest BCUT2D eigenvalue weighted by Crippen LogP contribution is 2.23. The zero-order valence-corrected chi connectivity index (χ0v) is 9.22. The first-order valence-electron chi connectivity index (χ1n) is 4.44. The van der Waals surface area contributed by atoms with Crippen LogP contribution < -0.4 is 5.73 Å². The third kappa shape index (κ3) is 3.46. The summed E-state index contributed by atoms with van der Waals surface area (Å²) in [5, 5.41) is 9.78. The zero-order valence-electron chi connectivity index (χ0n) is 7.71. The zero-order chi connectivity index (χ0) is 10.6. The topological polar surface area (TPSA) is 46.2 Å². The van der Waals surface area contributed by atoms with Crippen molar-refractivity contribution in [3.8, 4) is 0 Å². The summed E-state index contributed by atoms with van der Waals surface area (Å²) < 4.78 is 0. The summed E-state index contributed by atoms with van der Waals surface area (Å²) in [6, 6.07) is 5.43. The van der Waals surface area contributed by atoms with E-state index in [0.717, 1.165) is 5.56 Å². The number of halogens is 2. The van der Waals surface area contributed by atoms with Crippen molar-refractivity contribution in [2.24, 2.45) is 5.73 Å². The summed E-state index contributed by atoms with van der Waals surface area (Å²) in [4.78, 5) is 0. The molecule has 0 fully saturated rings. The predicted molar refractivity (Wildman–Crippen MR) is 59.8 cm³/mol. The van der Waals surface area contributed by atoms with Crippen molar-refractivity contribution in [1.82, 2.24) is 0 Å². The fraction of sp³-hybridized carbons (Fsp3) is 0.400. The number of hydrogen-bond donors (Lipinski definition) is 2. The lowest BCUT2D eigenvalue weighted by molar-refractivity contribution is 0.275. The Morgan fingerprint density at radius 3 is 2.57 bits per heavy atom. The van der Waals surface area contributed by atoms with Gasteiger partial charge in [0.05, 0.1) is 10.0 Å². The first kappa shape index (κ1) is 11.8. The number of rotatable bonds is 4. The Morgan fingerprint density at radius 2 is 2.00 bits per heavy atom. The molecule has 1 atom stereocenters. The molecule has 3 N–H and O–H groups in total. The van der Waals surface area contributed by atoms with Crippen LogP contribution in [0.25, 0.3) is 0 Å². The van der Waals surface area contributed by atoms with Gasteiger partial charge in [0.25, 0.3) is 0 Å². The van der Waals surface area contributed by atoms with Crippen molar-refractivity contribution in [3.63, 3.8) is 0 Å². The molecule has 78 valence electrons. The lowest BCUT2D eigenvalue weighted by Gasteiger charge is -2.10. The molecule has 0 amide bonds. The van der Waals surface area contributed by atoms with Gasteiger partial charge in [-0.15, -0.1) is 0 Å². The highest BCUT2D eigenvalue weighted by molar-refractivity contribution is 6.42. The second-order valence-corrected chi connectivity index (χ2v) is 4.04. The molecule has 0 bridgehead atoms. The summed E-state index contributed by atoms with van der Waals surface area (Å²) in [7, 11) is 0. The minimum absolute atomic E-state index is 0.0303. The van der Waals surface area contributed by atoms with E-state index in [1.807, 2.05) is 6.07 Å².